The van der Waals surface area contributed by atoms with Gasteiger partial charge in [-0.15, -0.1) is 0 Å². The first kappa shape index (κ1) is 15.6. The van der Waals surface area contributed by atoms with Gasteiger partial charge in [0, 0.05) is 23.7 Å². The SMILES string of the molecule is Cc1ccnc(NC(=S)NCCSC2CCCCC2)c1. The van der Waals surface area contributed by atoms with Crippen LogP contribution in [0.1, 0.15) is 37.7 Å². The molecule has 0 aromatic carbocycles. The van der Waals surface area contributed by atoms with Crippen LogP contribution in [0.25, 0.3) is 0 Å². The molecule has 1 saturated carbocycles. The molecule has 1 fully saturated rings. The molecule has 20 heavy (non-hydrogen) atoms. The number of aromatic nitrogens is 1. The van der Waals surface area contributed by atoms with Crippen LogP contribution in [0.2, 0.25) is 0 Å². The standard InChI is InChI=1S/C15H23N3S2/c1-12-7-8-16-14(11-12)18-15(19)17-9-10-20-13-5-3-2-4-6-13/h7-8,11,13H,2-6,9-10H2,1H3,(H2,16,17,18,19). The van der Waals surface area contributed by atoms with E-state index in [0.29, 0.717) is 5.11 Å². The average Bonchev–Trinajstić information content (AvgIpc) is 2.45. The summed E-state index contributed by atoms with van der Waals surface area (Å²) < 4.78 is 0. The molecular formula is C15H23N3S2. The Labute approximate surface area is 131 Å². The molecule has 0 amide bonds. The maximum absolute atomic E-state index is 5.28. The summed E-state index contributed by atoms with van der Waals surface area (Å²) in [6.45, 7) is 2.96. The summed E-state index contributed by atoms with van der Waals surface area (Å²) in [5.74, 6) is 1.93. The molecule has 0 radical (unpaired) electrons. The Bertz CT molecular complexity index is 431. The van der Waals surface area contributed by atoms with Crippen molar-refractivity contribution < 1.29 is 0 Å². The highest BCUT2D eigenvalue weighted by Crippen LogP contribution is 2.27. The van der Waals surface area contributed by atoms with E-state index in [9.17, 15) is 0 Å². The van der Waals surface area contributed by atoms with Gasteiger partial charge >= 0.3 is 0 Å². The van der Waals surface area contributed by atoms with Crippen molar-refractivity contribution in [1.82, 2.24) is 10.3 Å². The number of aryl methyl sites for hydroxylation is 1. The highest BCUT2D eigenvalue weighted by molar-refractivity contribution is 7.99. The third-order valence-corrected chi connectivity index (χ3v) is 5.08. The van der Waals surface area contributed by atoms with Gasteiger partial charge in [0.05, 0.1) is 0 Å². The fraction of sp³-hybridized carbons (Fsp3) is 0.600. The maximum atomic E-state index is 5.28. The summed E-state index contributed by atoms with van der Waals surface area (Å²) in [5, 5.41) is 7.90. The molecule has 0 bridgehead atoms. The zero-order valence-corrected chi connectivity index (χ0v) is 13.7. The maximum Gasteiger partial charge on any atom is 0.171 e. The average molecular weight is 310 g/mol. The Morgan fingerprint density at radius 2 is 2.20 bits per heavy atom. The smallest absolute Gasteiger partial charge is 0.171 e. The Morgan fingerprint density at radius 1 is 1.40 bits per heavy atom. The van der Waals surface area contributed by atoms with Gasteiger partial charge in [0.2, 0.25) is 0 Å². The number of hydrogen-bond acceptors (Lipinski definition) is 3. The van der Waals surface area contributed by atoms with Crippen LogP contribution in [-0.2, 0) is 0 Å². The van der Waals surface area contributed by atoms with Crippen molar-refractivity contribution in [1.29, 1.82) is 0 Å². The summed E-state index contributed by atoms with van der Waals surface area (Å²) in [6, 6.07) is 3.97. The van der Waals surface area contributed by atoms with E-state index in [1.54, 1.807) is 6.20 Å². The number of thiocarbonyl (C=S) groups is 1. The van der Waals surface area contributed by atoms with Gasteiger partial charge in [0.1, 0.15) is 5.82 Å². The van der Waals surface area contributed by atoms with Gasteiger partial charge in [-0.3, -0.25) is 0 Å². The van der Waals surface area contributed by atoms with Crippen LogP contribution in [0.3, 0.4) is 0 Å². The molecule has 3 nitrogen and oxygen atoms in total. The third kappa shape index (κ3) is 5.67. The number of pyridine rings is 1. The molecule has 0 aliphatic heterocycles. The zero-order chi connectivity index (χ0) is 14.2. The zero-order valence-electron chi connectivity index (χ0n) is 12.0. The number of nitrogens with zero attached hydrogens (tertiary/aromatic N) is 1. The van der Waals surface area contributed by atoms with E-state index in [0.717, 1.165) is 23.4 Å². The summed E-state index contributed by atoms with van der Waals surface area (Å²) >= 11 is 7.36. The van der Waals surface area contributed by atoms with Crippen molar-refractivity contribution in [3.63, 3.8) is 0 Å². The van der Waals surface area contributed by atoms with Crippen LogP contribution in [0.5, 0.6) is 0 Å². The van der Waals surface area contributed by atoms with Gasteiger partial charge in [-0.2, -0.15) is 11.8 Å². The minimum absolute atomic E-state index is 0.660. The van der Waals surface area contributed by atoms with E-state index in [4.69, 9.17) is 12.2 Å². The van der Waals surface area contributed by atoms with Crippen LogP contribution in [-0.4, -0.2) is 27.6 Å². The minimum Gasteiger partial charge on any atom is -0.362 e. The molecule has 0 unspecified atom stereocenters. The minimum atomic E-state index is 0.660. The normalized spacial score (nSPS) is 15.8. The first-order valence-corrected chi connectivity index (χ1v) is 8.79. The second kappa shape index (κ2) is 8.47. The molecule has 1 aromatic heterocycles. The van der Waals surface area contributed by atoms with E-state index < -0.39 is 0 Å². The quantitative estimate of drug-likeness (QED) is 0.640. The number of hydrogen-bond donors (Lipinski definition) is 2. The third-order valence-electron chi connectivity index (χ3n) is 3.45. The highest BCUT2D eigenvalue weighted by atomic mass is 32.2. The largest absolute Gasteiger partial charge is 0.362 e. The van der Waals surface area contributed by atoms with Crippen LogP contribution >= 0.6 is 24.0 Å². The lowest BCUT2D eigenvalue weighted by Gasteiger charge is -2.21. The van der Waals surface area contributed by atoms with Crippen LogP contribution in [0.15, 0.2) is 18.3 Å². The first-order chi connectivity index (χ1) is 9.74. The number of nitrogens with one attached hydrogen (secondary N) is 2. The van der Waals surface area contributed by atoms with Crippen molar-refractivity contribution in [3.8, 4) is 0 Å². The second-order valence-corrected chi connectivity index (χ2v) is 7.05. The van der Waals surface area contributed by atoms with Crippen LogP contribution in [0, 0.1) is 6.92 Å². The summed E-state index contributed by atoms with van der Waals surface area (Å²) in [4.78, 5) is 4.24. The van der Waals surface area contributed by atoms with Crippen LogP contribution < -0.4 is 10.6 Å². The lowest BCUT2D eigenvalue weighted by Crippen LogP contribution is -2.31. The molecule has 0 atom stereocenters. The highest BCUT2D eigenvalue weighted by Gasteiger charge is 2.12. The Balaban J connectivity index is 1.60. The van der Waals surface area contributed by atoms with Crippen molar-refractivity contribution in [2.24, 2.45) is 0 Å². The molecule has 1 heterocycles. The molecule has 0 spiro atoms. The molecule has 2 N–H and O–H groups in total. The van der Waals surface area contributed by atoms with Gasteiger partial charge in [0.15, 0.2) is 5.11 Å². The monoisotopic (exact) mass is 309 g/mol. The molecule has 0 saturated heterocycles. The number of anilines is 1. The van der Waals surface area contributed by atoms with Gasteiger partial charge in [-0.25, -0.2) is 4.98 Å². The Hall–Kier alpha value is -0.810. The van der Waals surface area contributed by atoms with Crippen molar-refractivity contribution in [2.75, 3.05) is 17.6 Å². The molecule has 2 rings (SSSR count). The van der Waals surface area contributed by atoms with E-state index >= 15 is 0 Å². The summed E-state index contributed by atoms with van der Waals surface area (Å²) in [5.41, 5.74) is 1.18. The Morgan fingerprint density at radius 3 is 2.95 bits per heavy atom. The van der Waals surface area contributed by atoms with Gasteiger partial charge < -0.3 is 10.6 Å². The van der Waals surface area contributed by atoms with E-state index in [1.807, 2.05) is 19.1 Å². The van der Waals surface area contributed by atoms with Crippen molar-refractivity contribution in [3.05, 3.63) is 23.9 Å². The number of thioether (sulfide) groups is 1. The molecular weight excluding hydrogens is 286 g/mol. The summed E-state index contributed by atoms with van der Waals surface area (Å²) in [7, 11) is 0. The van der Waals surface area contributed by atoms with Crippen LogP contribution in [0.4, 0.5) is 5.82 Å². The first-order valence-electron chi connectivity index (χ1n) is 7.33. The molecule has 1 aromatic rings. The topological polar surface area (TPSA) is 37.0 Å². The molecule has 5 heteroatoms. The van der Waals surface area contributed by atoms with Crippen molar-refractivity contribution >= 4 is 34.9 Å². The van der Waals surface area contributed by atoms with Gasteiger partial charge in [-0.05, 0) is 49.7 Å². The fourth-order valence-electron chi connectivity index (χ4n) is 2.39. The fourth-order valence-corrected chi connectivity index (χ4v) is 3.81. The molecule has 1 aliphatic carbocycles. The predicted molar refractivity (Wildman–Crippen MR) is 92.5 cm³/mol. The van der Waals surface area contributed by atoms with Gasteiger partial charge in [-0.1, -0.05) is 19.3 Å². The predicted octanol–water partition coefficient (Wildman–Crippen LogP) is 3.74. The van der Waals surface area contributed by atoms with Gasteiger partial charge in [0.25, 0.3) is 0 Å². The molecule has 1 aliphatic rings. The Kier molecular flexibility index (Phi) is 6.60. The summed E-state index contributed by atoms with van der Waals surface area (Å²) in [6.07, 6.45) is 8.81. The lowest BCUT2D eigenvalue weighted by molar-refractivity contribution is 0.516. The second-order valence-electron chi connectivity index (χ2n) is 5.23. The lowest BCUT2D eigenvalue weighted by atomic mass is 10.0. The number of rotatable bonds is 5. The van der Waals surface area contributed by atoms with Crippen molar-refractivity contribution in [2.45, 2.75) is 44.3 Å². The van der Waals surface area contributed by atoms with E-state index in [2.05, 4.69) is 27.4 Å². The molecule has 110 valence electrons. The van der Waals surface area contributed by atoms with E-state index in [-0.39, 0.29) is 0 Å². The van der Waals surface area contributed by atoms with E-state index in [1.165, 1.54) is 37.7 Å².